The summed E-state index contributed by atoms with van der Waals surface area (Å²) in [5.74, 6) is -0.778. The quantitative estimate of drug-likeness (QED) is 0.356. The van der Waals surface area contributed by atoms with Crippen molar-refractivity contribution in [2.24, 2.45) is 0 Å². The van der Waals surface area contributed by atoms with E-state index in [0.717, 1.165) is 20.9 Å². The molecule has 1 aliphatic heterocycles. The van der Waals surface area contributed by atoms with E-state index < -0.39 is 5.91 Å². The van der Waals surface area contributed by atoms with Gasteiger partial charge in [0.2, 0.25) is 0 Å². The molecule has 0 saturated carbocycles. The van der Waals surface area contributed by atoms with Crippen LogP contribution in [0.3, 0.4) is 0 Å². The summed E-state index contributed by atoms with van der Waals surface area (Å²) in [6.45, 7) is 0.188. The number of carbonyl (C=O) groups excluding carboxylic acids is 2. The molecule has 1 saturated heterocycles. The van der Waals surface area contributed by atoms with Gasteiger partial charge < -0.3 is 10.2 Å². The van der Waals surface area contributed by atoms with Crippen molar-refractivity contribution < 1.29 is 19.8 Å². The monoisotopic (exact) mass is 609 g/mol. The normalized spacial score (nSPS) is 16.0. The number of halogens is 3. The van der Waals surface area contributed by atoms with E-state index in [2.05, 4.69) is 54.5 Å². The van der Waals surface area contributed by atoms with Gasteiger partial charge in [-0.2, -0.15) is 0 Å². The van der Waals surface area contributed by atoms with Crippen LogP contribution in [-0.2, 0) is 11.3 Å². The smallest absolute Gasteiger partial charge is 0.293 e. The average Bonchev–Trinajstić information content (AvgIpc) is 2.87. The summed E-state index contributed by atoms with van der Waals surface area (Å²) >= 11 is 9.27. The summed E-state index contributed by atoms with van der Waals surface area (Å²) in [5, 5.41) is 19.6. The molecule has 2 aromatic carbocycles. The molecule has 26 heavy (non-hydrogen) atoms. The first-order valence-electron chi connectivity index (χ1n) is 7.17. The third-order valence-electron chi connectivity index (χ3n) is 3.61. The Kier molecular flexibility index (Phi) is 6.00. The van der Waals surface area contributed by atoms with E-state index >= 15 is 0 Å². The van der Waals surface area contributed by atoms with Crippen molar-refractivity contribution in [1.29, 1.82) is 0 Å². The largest absolute Gasteiger partial charge is 0.506 e. The minimum absolute atomic E-state index is 0.108. The SMILES string of the molecule is O=C1S/C(=C\c2cc(Br)c(O)c(Br)c2O)C(=O)N1Cc1ccc(I)cc1. The molecule has 2 amide bonds. The Morgan fingerprint density at radius 1 is 1.12 bits per heavy atom. The third kappa shape index (κ3) is 3.95. The number of nitrogens with zero attached hydrogens (tertiary/aromatic N) is 1. The first-order valence-corrected chi connectivity index (χ1v) is 10.7. The van der Waals surface area contributed by atoms with Gasteiger partial charge >= 0.3 is 0 Å². The van der Waals surface area contributed by atoms with Crippen molar-refractivity contribution >= 4 is 83.4 Å². The Balaban J connectivity index is 1.89. The van der Waals surface area contributed by atoms with Crippen LogP contribution < -0.4 is 0 Å². The number of hydrogen-bond donors (Lipinski definition) is 2. The zero-order chi connectivity index (χ0) is 19.0. The van der Waals surface area contributed by atoms with Crippen LogP contribution in [-0.4, -0.2) is 26.3 Å². The van der Waals surface area contributed by atoms with E-state index in [9.17, 15) is 19.8 Å². The second-order valence-corrected chi connectivity index (χ2v) is 9.24. The number of benzene rings is 2. The predicted molar refractivity (Wildman–Crippen MR) is 116 cm³/mol. The van der Waals surface area contributed by atoms with Gasteiger partial charge in [-0.1, -0.05) is 12.1 Å². The molecule has 1 fully saturated rings. The fourth-order valence-corrected chi connectivity index (χ4v) is 4.62. The maximum Gasteiger partial charge on any atom is 0.293 e. The Morgan fingerprint density at radius 2 is 1.77 bits per heavy atom. The highest BCUT2D eigenvalue weighted by molar-refractivity contribution is 14.1. The van der Waals surface area contributed by atoms with Crippen LogP contribution in [0.5, 0.6) is 11.5 Å². The summed E-state index contributed by atoms with van der Waals surface area (Å²) in [6, 6.07) is 9.04. The maximum atomic E-state index is 12.6. The molecule has 0 unspecified atom stereocenters. The average molecular weight is 611 g/mol. The Bertz CT molecular complexity index is 947. The van der Waals surface area contributed by atoms with Gasteiger partial charge in [0, 0.05) is 9.13 Å². The highest BCUT2D eigenvalue weighted by Crippen LogP contribution is 2.43. The molecule has 0 aliphatic carbocycles. The molecule has 3 rings (SSSR count). The number of phenolic OH excluding ortho intramolecular Hbond substituents is 2. The van der Waals surface area contributed by atoms with Gasteiger partial charge in [-0.15, -0.1) is 0 Å². The number of rotatable bonds is 3. The molecule has 0 bridgehead atoms. The number of amides is 2. The van der Waals surface area contributed by atoms with Crippen molar-refractivity contribution in [1.82, 2.24) is 4.90 Å². The lowest BCUT2D eigenvalue weighted by Gasteiger charge is -2.12. The van der Waals surface area contributed by atoms with Crippen LogP contribution in [0.25, 0.3) is 6.08 Å². The van der Waals surface area contributed by atoms with Crippen LogP contribution in [0, 0.1) is 3.57 Å². The number of thioether (sulfide) groups is 1. The molecule has 2 N–H and O–H groups in total. The Morgan fingerprint density at radius 3 is 2.42 bits per heavy atom. The minimum atomic E-state index is -0.418. The molecule has 5 nitrogen and oxygen atoms in total. The van der Waals surface area contributed by atoms with Crippen LogP contribution in [0.15, 0.2) is 44.2 Å². The summed E-state index contributed by atoms with van der Waals surface area (Å²) in [5.41, 5.74) is 1.16. The van der Waals surface area contributed by atoms with E-state index in [1.807, 2.05) is 24.3 Å². The molecule has 134 valence electrons. The number of carbonyl (C=O) groups is 2. The van der Waals surface area contributed by atoms with Crippen molar-refractivity contribution in [2.75, 3.05) is 0 Å². The van der Waals surface area contributed by atoms with Crippen molar-refractivity contribution in [3.05, 3.63) is 58.9 Å². The topological polar surface area (TPSA) is 77.8 Å². The van der Waals surface area contributed by atoms with E-state index in [1.54, 1.807) is 0 Å². The van der Waals surface area contributed by atoms with E-state index in [0.29, 0.717) is 10.0 Å². The van der Waals surface area contributed by atoms with Gasteiger partial charge in [0.25, 0.3) is 11.1 Å². The molecular weight excluding hydrogens is 601 g/mol. The number of imide groups is 1. The molecule has 2 aromatic rings. The second kappa shape index (κ2) is 7.91. The maximum absolute atomic E-state index is 12.6. The molecule has 0 spiro atoms. The lowest BCUT2D eigenvalue weighted by atomic mass is 10.1. The molecule has 9 heteroatoms. The van der Waals surface area contributed by atoms with Crippen LogP contribution in [0.2, 0.25) is 0 Å². The van der Waals surface area contributed by atoms with Crippen LogP contribution in [0.1, 0.15) is 11.1 Å². The molecule has 0 radical (unpaired) electrons. The highest BCUT2D eigenvalue weighted by atomic mass is 127. The van der Waals surface area contributed by atoms with Gasteiger partial charge in [0.05, 0.1) is 15.9 Å². The summed E-state index contributed by atoms with van der Waals surface area (Å²) in [6.07, 6.45) is 1.43. The molecule has 1 heterocycles. The molecule has 0 atom stereocenters. The summed E-state index contributed by atoms with van der Waals surface area (Å²) in [7, 11) is 0. The van der Waals surface area contributed by atoms with Crippen LogP contribution in [0.4, 0.5) is 4.79 Å². The fourth-order valence-electron chi connectivity index (χ4n) is 2.28. The van der Waals surface area contributed by atoms with Crippen molar-refractivity contribution in [3.8, 4) is 11.5 Å². The third-order valence-corrected chi connectivity index (χ3v) is 6.59. The second-order valence-electron chi connectivity index (χ2n) is 5.35. The van der Waals surface area contributed by atoms with Gasteiger partial charge in [-0.3, -0.25) is 14.5 Å². The van der Waals surface area contributed by atoms with E-state index in [1.165, 1.54) is 17.0 Å². The zero-order valence-corrected chi connectivity index (χ0v) is 19.0. The Labute approximate surface area is 183 Å². The van der Waals surface area contributed by atoms with Gasteiger partial charge in [0.15, 0.2) is 0 Å². The first-order chi connectivity index (χ1) is 12.3. The van der Waals surface area contributed by atoms with Gasteiger partial charge in [-0.25, -0.2) is 0 Å². The predicted octanol–water partition coefficient (Wildman–Crippen LogP) is 5.46. The molecule has 0 aromatic heterocycles. The molecular formula is C17H10Br2INO4S. The fraction of sp³-hybridized carbons (Fsp3) is 0.0588. The highest BCUT2D eigenvalue weighted by Gasteiger charge is 2.35. The summed E-state index contributed by atoms with van der Waals surface area (Å²) < 4.78 is 1.53. The first kappa shape index (κ1) is 19.7. The number of aromatic hydroxyl groups is 2. The minimum Gasteiger partial charge on any atom is -0.506 e. The van der Waals surface area contributed by atoms with E-state index in [4.69, 9.17) is 0 Å². The van der Waals surface area contributed by atoms with Gasteiger partial charge in [0.1, 0.15) is 16.0 Å². The zero-order valence-electron chi connectivity index (χ0n) is 12.9. The lowest BCUT2D eigenvalue weighted by Crippen LogP contribution is -2.27. The number of phenols is 2. The van der Waals surface area contributed by atoms with Crippen molar-refractivity contribution in [2.45, 2.75) is 6.54 Å². The van der Waals surface area contributed by atoms with Crippen molar-refractivity contribution in [3.63, 3.8) is 0 Å². The van der Waals surface area contributed by atoms with E-state index in [-0.39, 0.29) is 32.7 Å². The van der Waals surface area contributed by atoms with Gasteiger partial charge in [-0.05, 0) is 96.1 Å². The summed E-state index contributed by atoms with van der Waals surface area (Å²) in [4.78, 5) is 26.2. The Hall–Kier alpha value is -1.04. The van der Waals surface area contributed by atoms with Crippen LogP contribution >= 0.6 is 66.2 Å². The lowest BCUT2D eigenvalue weighted by molar-refractivity contribution is -0.123. The number of hydrogen-bond acceptors (Lipinski definition) is 5. The standard InChI is InChI=1S/C17H10Br2INO4S/c18-11-5-9(14(22)13(19)15(11)23)6-12-16(24)21(17(25)26-12)7-8-1-3-10(20)4-2-8/h1-6,22-23H,7H2/b12-6-. The molecule has 1 aliphatic rings.